The highest BCUT2D eigenvalue weighted by Gasteiger charge is 2.43. The number of fused-ring (bicyclic) bond motifs is 2. The second kappa shape index (κ2) is 6.10. The molecule has 3 aromatic rings. The normalized spacial score (nSPS) is 20.6. The molecule has 0 spiro atoms. The fourth-order valence-corrected chi connectivity index (χ4v) is 5.77. The number of alkyl halides is 1. The molecular formula is C20H20ClO3P. The number of benzene rings is 3. The van der Waals surface area contributed by atoms with E-state index in [2.05, 4.69) is 6.07 Å². The minimum absolute atomic E-state index is 0.161. The Labute approximate surface area is 152 Å². The van der Waals surface area contributed by atoms with Gasteiger partial charge in [0.05, 0.1) is 13.2 Å². The topological polar surface area (TPSA) is 35.5 Å². The molecule has 1 aliphatic heterocycles. The third-order valence-electron chi connectivity index (χ3n) is 4.60. The average molecular weight is 375 g/mol. The van der Waals surface area contributed by atoms with Crippen LogP contribution in [0.25, 0.3) is 21.5 Å². The van der Waals surface area contributed by atoms with Gasteiger partial charge in [0.25, 0.3) is 0 Å². The van der Waals surface area contributed by atoms with E-state index < -0.39 is 12.7 Å². The third-order valence-corrected chi connectivity index (χ3v) is 7.33. The Morgan fingerprint density at radius 1 is 0.960 bits per heavy atom. The Bertz CT molecular complexity index is 931. The van der Waals surface area contributed by atoms with Crippen molar-refractivity contribution in [1.82, 2.24) is 0 Å². The zero-order valence-corrected chi connectivity index (χ0v) is 15.9. The molecule has 1 aliphatic rings. The number of hydrogen-bond acceptors (Lipinski definition) is 3. The molecule has 4 rings (SSSR count). The molecule has 0 aromatic heterocycles. The zero-order valence-electron chi connectivity index (χ0n) is 14.2. The van der Waals surface area contributed by atoms with Crippen molar-refractivity contribution in [2.75, 3.05) is 13.2 Å². The number of halogens is 1. The van der Waals surface area contributed by atoms with Crippen LogP contribution in [0.3, 0.4) is 0 Å². The van der Waals surface area contributed by atoms with Gasteiger partial charge in [0.2, 0.25) is 0 Å². The SMILES string of the molecule is CC1(C)COP(=O)(C(Cl)c2c3ccccc3cc3ccccc23)OC1. The predicted molar refractivity (Wildman–Crippen MR) is 103 cm³/mol. The standard InChI is InChI=1S/C20H20ClO3P/c1-20(2)12-23-25(22,24-13-20)19(21)18-16-9-5-3-7-14(16)11-15-8-4-6-10-17(15)18/h3-11,19H,12-13H2,1-2H3. The lowest BCUT2D eigenvalue weighted by Gasteiger charge is -2.36. The van der Waals surface area contributed by atoms with Gasteiger partial charge in [-0.05, 0) is 33.2 Å². The summed E-state index contributed by atoms with van der Waals surface area (Å²) in [7, 11) is -3.45. The Hall–Kier alpha value is -1.38. The molecule has 0 amide bonds. The first kappa shape index (κ1) is 17.1. The molecule has 0 radical (unpaired) electrons. The van der Waals surface area contributed by atoms with Crippen LogP contribution in [0.2, 0.25) is 0 Å². The quantitative estimate of drug-likeness (QED) is 0.292. The predicted octanol–water partition coefficient (Wildman–Crippen LogP) is 6.50. The van der Waals surface area contributed by atoms with Gasteiger partial charge in [0.1, 0.15) is 0 Å². The summed E-state index contributed by atoms with van der Waals surface area (Å²) < 4.78 is 24.7. The van der Waals surface area contributed by atoms with Crippen LogP contribution in [0.1, 0.15) is 24.5 Å². The molecule has 1 atom stereocenters. The van der Waals surface area contributed by atoms with E-state index in [9.17, 15) is 4.57 Å². The van der Waals surface area contributed by atoms with Crippen LogP contribution in [0.15, 0.2) is 54.6 Å². The molecule has 1 heterocycles. The van der Waals surface area contributed by atoms with E-state index in [4.69, 9.17) is 20.6 Å². The second-order valence-corrected chi connectivity index (χ2v) is 10.2. The Balaban J connectivity index is 1.91. The molecule has 0 N–H and O–H groups in total. The third kappa shape index (κ3) is 3.00. The molecule has 1 saturated heterocycles. The maximum Gasteiger partial charge on any atom is 0.352 e. The maximum atomic E-state index is 13.3. The largest absolute Gasteiger partial charge is 0.352 e. The molecule has 3 nitrogen and oxygen atoms in total. The summed E-state index contributed by atoms with van der Waals surface area (Å²) >= 11 is 6.76. The van der Waals surface area contributed by atoms with Crippen molar-refractivity contribution in [3.05, 3.63) is 60.2 Å². The van der Waals surface area contributed by atoms with E-state index in [0.717, 1.165) is 27.1 Å². The zero-order chi connectivity index (χ0) is 17.7. The minimum atomic E-state index is -3.45. The molecule has 0 bridgehead atoms. The van der Waals surface area contributed by atoms with Crippen molar-refractivity contribution in [1.29, 1.82) is 0 Å². The van der Waals surface area contributed by atoms with Gasteiger partial charge in [-0.15, -0.1) is 11.6 Å². The van der Waals surface area contributed by atoms with Crippen molar-refractivity contribution in [2.24, 2.45) is 5.41 Å². The average Bonchev–Trinajstić information content (AvgIpc) is 2.62. The van der Waals surface area contributed by atoms with Crippen molar-refractivity contribution < 1.29 is 13.6 Å². The highest BCUT2D eigenvalue weighted by molar-refractivity contribution is 7.56. The van der Waals surface area contributed by atoms with Crippen molar-refractivity contribution >= 4 is 40.7 Å². The molecule has 0 aliphatic carbocycles. The van der Waals surface area contributed by atoms with E-state index in [1.54, 1.807) is 0 Å². The van der Waals surface area contributed by atoms with Crippen molar-refractivity contribution in [3.63, 3.8) is 0 Å². The summed E-state index contributed by atoms with van der Waals surface area (Å²) in [6, 6.07) is 18.1. The van der Waals surface area contributed by atoms with Gasteiger partial charge >= 0.3 is 7.60 Å². The van der Waals surface area contributed by atoms with Crippen molar-refractivity contribution in [3.8, 4) is 0 Å². The summed E-state index contributed by atoms with van der Waals surface area (Å²) in [6.07, 6.45) is 0. The number of hydrogen-bond donors (Lipinski definition) is 0. The van der Waals surface area contributed by atoms with Crippen molar-refractivity contribution in [2.45, 2.75) is 19.0 Å². The Morgan fingerprint density at radius 2 is 1.44 bits per heavy atom. The summed E-state index contributed by atoms with van der Waals surface area (Å²) in [6.45, 7) is 4.78. The summed E-state index contributed by atoms with van der Waals surface area (Å²) in [4.78, 5) is 0. The highest BCUT2D eigenvalue weighted by Crippen LogP contribution is 2.67. The van der Waals surface area contributed by atoms with Crippen LogP contribution < -0.4 is 0 Å². The first-order chi connectivity index (χ1) is 11.9. The lowest BCUT2D eigenvalue weighted by atomic mass is 9.97. The summed E-state index contributed by atoms with van der Waals surface area (Å²) in [5, 5.41) is 3.23. The molecule has 1 unspecified atom stereocenters. The van der Waals surface area contributed by atoms with Crippen LogP contribution >= 0.6 is 19.2 Å². The van der Waals surface area contributed by atoms with E-state index in [1.807, 2.05) is 62.4 Å². The lowest BCUT2D eigenvalue weighted by Crippen LogP contribution is -2.30. The highest BCUT2D eigenvalue weighted by atomic mass is 35.5. The van der Waals surface area contributed by atoms with Crippen LogP contribution in [0, 0.1) is 5.41 Å². The van der Waals surface area contributed by atoms with Crippen LogP contribution in [-0.4, -0.2) is 13.2 Å². The monoisotopic (exact) mass is 374 g/mol. The first-order valence-electron chi connectivity index (χ1n) is 8.33. The summed E-state index contributed by atoms with van der Waals surface area (Å²) in [5.74, 6) is 0. The van der Waals surface area contributed by atoms with Crippen LogP contribution in [-0.2, 0) is 13.6 Å². The van der Waals surface area contributed by atoms with E-state index >= 15 is 0 Å². The van der Waals surface area contributed by atoms with Gasteiger partial charge in [0, 0.05) is 5.41 Å². The van der Waals surface area contributed by atoms with Crippen LogP contribution in [0.4, 0.5) is 0 Å². The smallest absolute Gasteiger partial charge is 0.307 e. The lowest BCUT2D eigenvalue weighted by molar-refractivity contribution is 0.0404. The summed E-state index contributed by atoms with van der Waals surface area (Å²) in [5.41, 5.74) is 0.657. The van der Waals surface area contributed by atoms with E-state index in [1.165, 1.54) is 0 Å². The Morgan fingerprint density at radius 3 is 1.96 bits per heavy atom. The molecule has 25 heavy (non-hydrogen) atoms. The van der Waals surface area contributed by atoms with Crippen LogP contribution in [0.5, 0.6) is 0 Å². The van der Waals surface area contributed by atoms with E-state index in [0.29, 0.717) is 13.2 Å². The fraction of sp³-hybridized carbons (Fsp3) is 0.300. The van der Waals surface area contributed by atoms with Gasteiger partial charge < -0.3 is 9.05 Å². The molecule has 1 fully saturated rings. The van der Waals surface area contributed by atoms with Gasteiger partial charge in [-0.3, -0.25) is 4.57 Å². The molecule has 0 saturated carbocycles. The molecule has 5 heteroatoms. The molecule has 130 valence electrons. The molecule has 3 aromatic carbocycles. The second-order valence-electron chi connectivity index (χ2n) is 7.32. The van der Waals surface area contributed by atoms with Gasteiger partial charge in [-0.2, -0.15) is 0 Å². The first-order valence-corrected chi connectivity index (χ1v) is 10.4. The van der Waals surface area contributed by atoms with Gasteiger partial charge in [-0.25, -0.2) is 0 Å². The van der Waals surface area contributed by atoms with Gasteiger partial charge in [0.15, 0.2) is 5.12 Å². The minimum Gasteiger partial charge on any atom is -0.307 e. The van der Waals surface area contributed by atoms with Gasteiger partial charge in [-0.1, -0.05) is 62.4 Å². The van der Waals surface area contributed by atoms with E-state index in [-0.39, 0.29) is 5.41 Å². The maximum absolute atomic E-state index is 13.3. The Kier molecular flexibility index (Phi) is 4.16. The number of rotatable bonds is 2. The molecular weight excluding hydrogens is 355 g/mol. The fourth-order valence-electron chi connectivity index (χ4n) is 3.20.